The maximum absolute atomic E-state index is 12.2. The number of nitrogens with zero attached hydrogens (tertiary/aromatic N) is 1. The van der Waals surface area contributed by atoms with Crippen LogP contribution in [0.3, 0.4) is 0 Å². The van der Waals surface area contributed by atoms with Crippen molar-refractivity contribution >= 4 is 18.9 Å². The summed E-state index contributed by atoms with van der Waals surface area (Å²) in [6.45, 7) is 4.04. The van der Waals surface area contributed by atoms with Crippen LogP contribution in [0.25, 0.3) is 0 Å². The lowest BCUT2D eigenvalue weighted by Gasteiger charge is -2.23. The van der Waals surface area contributed by atoms with E-state index >= 15 is 0 Å². The quantitative estimate of drug-likeness (QED) is 0.707. The van der Waals surface area contributed by atoms with E-state index in [2.05, 4.69) is 11.9 Å². The van der Waals surface area contributed by atoms with E-state index in [4.69, 9.17) is 4.52 Å². The molecular weight excluding hydrogens is 293 g/mol. The first-order valence-electron chi connectivity index (χ1n) is 7.48. The van der Waals surface area contributed by atoms with Crippen molar-refractivity contribution < 1.29 is 14.0 Å². The van der Waals surface area contributed by atoms with Crippen molar-refractivity contribution in [3.05, 3.63) is 16.1 Å². The number of aromatic nitrogens is 1. The normalized spacial score (nSPS) is 20.4. The number of hydrogen-bond donors (Lipinski definition) is 1. The zero-order valence-electron chi connectivity index (χ0n) is 12.2. The van der Waals surface area contributed by atoms with Crippen molar-refractivity contribution in [2.45, 2.75) is 70.6 Å². The molecule has 114 valence electrons. The molecule has 1 aliphatic carbocycles. The van der Waals surface area contributed by atoms with E-state index in [9.17, 15) is 9.46 Å². The molecule has 0 amide bonds. The smallest absolute Gasteiger partial charge is 0.324 e. The predicted molar refractivity (Wildman–Crippen MR) is 82.3 cm³/mol. The monoisotopic (exact) mass is 317 g/mol. The third-order valence-corrected chi connectivity index (χ3v) is 6.22. The van der Waals surface area contributed by atoms with Gasteiger partial charge in [-0.15, -0.1) is 11.3 Å². The Morgan fingerprint density at radius 3 is 2.85 bits per heavy atom. The highest BCUT2D eigenvalue weighted by Gasteiger charge is 2.27. The van der Waals surface area contributed by atoms with Gasteiger partial charge in [0.15, 0.2) is 0 Å². The number of hydrogen-bond acceptors (Lipinski definition) is 4. The number of thiazole rings is 1. The van der Waals surface area contributed by atoms with Crippen LogP contribution >= 0.6 is 18.9 Å². The molecule has 4 nitrogen and oxygen atoms in total. The Bertz CT molecular complexity index is 473. The molecule has 1 heterocycles. The molecule has 1 aromatic rings. The van der Waals surface area contributed by atoms with Crippen LogP contribution in [0.4, 0.5) is 0 Å². The van der Waals surface area contributed by atoms with Crippen LogP contribution in [0.1, 0.15) is 69.0 Å². The van der Waals surface area contributed by atoms with E-state index in [0.717, 1.165) is 30.0 Å². The van der Waals surface area contributed by atoms with E-state index in [-0.39, 0.29) is 12.3 Å². The van der Waals surface area contributed by atoms with E-state index < -0.39 is 7.60 Å². The molecule has 0 aliphatic heterocycles. The van der Waals surface area contributed by atoms with Gasteiger partial charge < -0.3 is 9.42 Å². The van der Waals surface area contributed by atoms with Gasteiger partial charge >= 0.3 is 7.60 Å². The molecule has 1 saturated carbocycles. The highest BCUT2D eigenvalue weighted by molar-refractivity contribution is 7.52. The Hall–Kier alpha value is -0.220. The van der Waals surface area contributed by atoms with Gasteiger partial charge in [0.05, 0.1) is 11.8 Å². The molecule has 0 radical (unpaired) electrons. The standard InChI is InChI=1S/C14H24NO3PS/c1-3-6-12(4-2)18-19(16,17)9-14-15-13(10-20-14)11-7-5-8-11/h10-12H,3-9H2,1-2H3,(H,16,17). The molecule has 0 bridgehead atoms. The van der Waals surface area contributed by atoms with Crippen LogP contribution < -0.4 is 0 Å². The van der Waals surface area contributed by atoms with Crippen LogP contribution in [0.15, 0.2) is 5.38 Å². The molecule has 0 saturated heterocycles. The average Bonchev–Trinajstić information content (AvgIpc) is 2.73. The largest absolute Gasteiger partial charge is 0.335 e. The maximum Gasteiger partial charge on any atom is 0.335 e. The summed E-state index contributed by atoms with van der Waals surface area (Å²) in [4.78, 5) is 14.5. The van der Waals surface area contributed by atoms with Gasteiger partial charge in [0.25, 0.3) is 0 Å². The van der Waals surface area contributed by atoms with Crippen molar-refractivity contribution in [3.8, 4) is 0 Å². The summed E-state index contributed by atoms with van der Waals surface area (Å²) < 4.78 is 17.6. The lowest BCUT2D eigenvalue weighted by Crippen LogP contribution is -2.11. The fraction of sp³-hybridized carbons (Fsp3) is 0.786. The minimum Gasteiger partial charge on any atom is -0.324 e. The first-order valence-corrected chi connectivity index (χ1v) is 10.1. The second-order valence-electron chi connectivity index (χ2n) is 5.51. The predicted octanol–water partition coefficient (Wildman–Crippen LogP) is 4.69. The molecule has 0 aromatic carbocycles. The first-order chi connectivity index (χ1) is 9.54. The molecule has 2 rings (SSSR count). The van der Waals surface area contributed by atoms with Crippen LogP contribution in [0.2, 0.25) is 0 Å². The molecule has 1 N–H and O–H groups in total. The van der Waals surface area contributed by atoms with Crippen LogP contribution in [0.5, 0.6) is 0 Å². The van der Waals surface area contributed by atoms with Gasteiger partial charge in [0.1, 0.15) is 11.2 Å². The topological polar surface area (TPSA) is 59.4 Å². The highest BCUT2D eigenvalue weighted by atomic mass is 32.1. The van der Waals surface area contributed by atoms with Gasteiger partial charge in [-0.25, -0.2) is 4.98 Å². The van der Waals surface area contributed by atoms with Gasteiger partial charge in [0, 0.05) is 11.3 Å². The highest BCUT2D eigenvalue weighted by Crippen LogP contribution is 2.49. The van der Waals surface area contributed by atoms with E-state index in [1.165, 1.54) is 30.6 Å². The van der Waals surface area contributed by atoms with Crippen molar-refractivity contribution in [1.82, 2.24) is 4.98 Å². The Morgan fingerprint density at radius 2 is 2.30 bits per heavy atom. The molecule has 6 heteroatoms. The maximum atomic E-state index is 12.2. The first kappa shape index (κ1) is 16.2. The van der Waals surface area contributed by atoms with Gasteiger partial charge in [-0.3, -0.25) is 4.57 Å². The van der Waals surface area contributed by atoms with Gasteiger partial charge in [-0.2, -0.15) is 0 Å². The Morgan fingerprint density at radius 1 is 1.55 bits per heavy atom. The molecule has 1 aromatic heterocycles. The van der Waals surface area contributed by atoms with Crippen molar-refractivity contribution in [2.75, 3.05) is 0 Å². The summed E-state index contributed by atoms with van der Waals surface area (Å²) in [6, 6.07) is 0. The fourth-order valence-electron chi connectivity index (χ4n) is 2.38. The molecule has 1 aliphatic rings. The Labute approximate surface area is 125 Å². The van der Waals surface area contributed by atoms with Crippen molar-refractivity contribution in [3.63, 3.8) is 0 Å². The third kappa shape index (κ3) is 4.39. The second kappa shape index (κ2) is 7.17. The molecule has 2 atom stereocenters. The lowest BCUT2D eigenvalue weighted by atomic mass is 9.83. The van der Waals surface area contributed by atoms with E-state index in [0.29, 0.717) is 5.92 Å². The Kier molecular flexibility index (Phi) is 5.79. The zero-order chi connectivity index (χ0) is 14.6. The van der Waals surface area contributed by atoms with Crippen LogP contribution in [0, 0.1) is 0 Å². The van der Waals surface area contributed by atoms with Crippen LogP contribution in [-0.2, 0) is 15.3 Å². The van der Waals surface area contributed by atoms with Crippen molar-refractivity contribution in [1.29, 1.82) is 0 Å². The van der Waals surface area contributed by atoms with E-state index in [1.54, 1.807) is 0 Å². The lowest BCUT2D eigenvalue weighted by molar-refractivity contribution is 0.159. The average molecular weight is 317 g/mol. The van der Waals surface area contributed by atoms with Gasteiger partial charge in [-0.05, 0) is 25.7 Å². The van der Waals surface area contributed by atoms with E-state index in [1.807, 2.05) is 12.3 Å². The minimum absolute atomic E-state index is 0.0462. The summed E-state index contributed by atoms with van der Waals surface area (Å²) >= 11 is 1.48. The van der Waals surface area contributed by atoms with Crippen LogP contribution in [-0.4, -0.2) is 16.0 Å². The summed E-state index contributed by atoms with van der Waals surface area (Å²) in [5, 5.41) is 2.76. The van der Waals surface area contributed by atoms with Gasteiger partial charge in [-0.1, -0.05) is 26.7 Å². The van der Waals surface area contributed by atoms with Gasteiger partial charge in [0.2, 0.25) is 0 Å². The SMILES string of the molecule is CCCC(CC)OP(=O)(O)Cc1nc(C2CCC2)cs1. The summed E-state index contributed by atoms with van der Waals surface area (Å²) in [5.41, 5.74) is 1.09. The summed E-state index contributed by atoms with van der Waals surface area (Å²) in [5.74, 6) is 0.572. The summed E-state index contributed by atoms with van der Waals surface area (Å²) in [7, 11) is -3.58. The Balaban J connectivity index is 1.92. The fourth-order valence-corrected chi connectivity index (χ4v) is 5.04. The second-order valence-corrected chi connectivity index (χ2v) is 8.26. The molecule has 0 spiro atoms. The number of rotatable bonds is 8. The zero-order valence-corrected chi connectivity index (χ0v) is 14.0. The molecule has 1 fully saturated rings. The molecular formula is C14H24NO3PS. The molecule has 20 heavy (non-hydrogen) atoms. The summed E-state index contributed by atoms with van der Waals surface area (Å²) in [6.07, 6.45) is 6.15. The van der Waals surface area contributed by atoms with Crippen molar-refractivity contribution in [2.24, 2.45) is 0 Å². The minimum atomic E-state index is -3.58. The molecule has 2 unspecified atom stereocenters. The third-order valence-electron chi connectivity index (χ3n) is 3.81.